The molecular weight excluding hydrogens is 464 g/mol. The van der Waals surface area contributed by atoms with Crippen LogP contribution in [-0.2, 0) is 20.9 Å². The summed E-state index contributed by atoms with van der Waals surface area (Å²) in [4.78, 5) is 52.3. The van der Waals surface area contributed by atoms with Gasteiger partial charge in [0.15, 0.2) is 5.65 Å². The van der Waals surface area contributed by atoms with E-state index in [0.717, 1.165) is 23.3 Å². The Bertz CT molecular complexity index is 1300. The number of esters is 1. The zero-order chi connectivity index (χ0) is 24.0. The van der Waals surface area contributed by atoms with E-state index in [1.54, 1.807) is 6.92 Å². The van der Waals surface area contributed by atoms with E-state index in [1.165, 1.54) is 18.1 Å². The number of ether oxygens (including phenoxy) is 2. The van der Waals surface area contributed by atoms with Gasteiger partial charge in [0.2, 0.25) is 5.88 Å². The Morgan fingerprint density at radius 2 is 1.97 bits per heavy atom. The summed E-state index contributed by atoms with van der Waals surface area (Å²) in [6.45, 7) is 1.22. The summed E-state index contributed by atoms with van der Waals surface area (Å²) in [6, 6.07) is 2.83. The lowest BCUT2D eigenvalue weighted by Gasteiger charge is -2.18. The first-order chi connectivity index (χ1) is 16.3. The normalized spacial score (nSPS) is 16.0. The Hall–Kier alpha value is -3.73. The van der Waals surface area contributed by atoms with Gasteiger partial charge in [-0.1, -0.05) is 11.6 Å². The minimum absolute atomic E-state index is 0.119. The van der Waals surface area contributed by atoms with Gasteiger partial charge in [-0.15, -0.1) is 0 Å². The molecule has 5 rings (SSSR count). The Morgan fingerprint density at radius 3 is 2.68 bits per heavy atom. The molecule has 1 aliphatic heterocycles. The third-order valence-electron chi connectivity index (χ3n) is 5.66. The molecule has 3 aromatic rings. The van der Waals surface area contributed by atoms with Crippen molar-refractivity contribution in [3.8, 4) is 5.88 Å². The van der Waals surface area contributed by atoms with Gasteiger partial charge in [0, 0.05) is 18.5 Å². The molecule has 176 valence electrons. The number of pyridine rings is 1. The van der Waals surface area contributed by atoms with Crippen LogP contribution in [0.1, 0.15) is 35.8 Å². The van der Waals surface area contributed by atoms with Crippen molar-refractivity contribution in [2.24, 2.45) is 0 Å². The maximum atomic E-state index is 13.0. The van der Waals surface area contributed by atoms with Crippen molar-refractivity contribution in [2.75, 3.05) is 25.1 Å². The fraction of sp³-hybridized carbons (Fsp3) is 0.364. The van der Waals surface area contributed by atoms with Gasteiger partial charge in [-0.05, 0) is 37.3 Å². The van der Waals surface area contributed by atoms with E-state index >= 15 is 0 Å². The van der Waals surface area contributed by atoms with Crippen molar-refractivity contribution in [2.45, 2.75) is 32.3 Å². The summed E-state index contributed by atoms with van der Waals surface area (Å²) in [7, 11) is 1.21. The van der Waals surface area contributed by atoms with E-state index in [-0.39, 0.29) is 18.3 Å². The summed E-state index contributed by atoms with van der Waals surface area (Å²) in [6.07, 6.45) is 5.91. The second-order valence-electron chi connectivity index (χ2n) is 8.19. The Balaban J connectivity index is 1.46. The molecule has 1 saturated carbocycles. The average molecular weight is 485 g/mol. The number of hydrogen-bond acceptors (Lipinski definition) is 8. The molecule has 0 aromatic carbocycles. The molecule has 34 heavy (non-hydrogen) atoms. The molecule has 0 radical (unpaired) electrons. The predicted octanol–water partition coefficient (Wildman–Crippen LogP) is 2.48. The molecule has 0 N–H and O–H groups in total. The van der Waals surface area contributed by atoms with Crippen LogP contribution in [0.3, 0.4) is 0 Å². The van der Waals surface area contributed by atoms with Gasteiger partial charge < -0.3 is 13.9 Å². The van der Waals surface area contributed by atoms with Crippen LogP contribution in [0.4, 0.5) is 10.5 Å². The number of hydrogen-bond donors (Lipinski definition) is 0. The topological polar surface area (TPSA) is 119 Å². The van der Waals surface area contributed by atoms with Gasteiger partial charge >= 0.3 is 12.0 Å². The van der Waals surface area contributed by atoms with Crippen LogP contribution in [0.5, 0.6) is 5.88 Å². The number of aromatic nitrogens is 4. The second-order valence-corrected chi connectivity index (χ2v) is 8.57. The molecule has 0 atom stereocenters. The maximum Gasteiger partial charge on any atom is 0.332 e. The second kappa shape index (κ2) is 8.56. The van der Waals surface area contributed by atoms with Gasteiger partial charge in [-0.3, -0.25) is 19.4 Å². The number of rotatable bonds is 7. The van der Waals surface area contributed by atoms with Crippen LogP contribution in [-0.4, -0.2) is 62.4 Å². The zero-order valence-electron chi connectivity index (χ0n) is 18.5. The van der Waals surface area contributed by atoms with Gasteiger partial charge in [-0.2, -0.15) is 4.98 Å². The fourth-order valence-electron chi connectivity index (χ4n) is 3.87. The lowest BCUT2D eigenvalue weighted by molar-refractivity contribution is -0.144. The highest BCUT2D eigenvalue weighted by atomic mass is 35.5. The molecule has 1 aliphatic carbocycles. The van der Waals surface area contributed by atoms with E-state index in [4.69, 9.17) is 16.3 Å². The molecule has 0 unspecified atom stereocenters. The van der Waals surface area contributed by atoms with Crippen LogP contribution in [0.2, 0.25) is 5.15 Å². The number of aryl methyl sites for hydroxylation is 1. The fourth-order valence-corrected chi connectivity index (χ4v) is 4.08. The first kappa shape index (κ1) is 22.1. The third kappa shape index (κ3) is 4.26. The van der Waals surface area contributed by atoms with Crippen LogP contribution in [0.25, 0.3) is 5.65 Å². The lowest BCUT2D eigenvalue weighted by Crippen LogP contribution is -2.37. The predicted molar refractivity (Wildman–Crippen MR) is 120 cm³/mol. The van der Waals surface area contributed by atoms with Crippen molar-refractivity contribution in [3.05, 3.63) is 46.8 Å². The maximum absolute atomic E-state index is 13.0. The quantitative estimate of drug-likeness (QED) is 0.285. The molecule has 3 aromatic heterocycles. The Kier molecular flexibility index (Phi) is 5.56. The number of amides is 3. The molecule has 3 amide bonds. The highest BCUT2D eigenvalue weighted by Crippen LogP contribution is 2.42. The largest absolute Gasteiger partial charge is 0.471 e. The van der Waals surface area contributed by atoms with Crippen molar-refractivity contribution in [1.82, 2.24) is 24.3 Å². The van der Waals surface area contributed by atoms with E-state index in [9.17, 15) is 14.4 Å². The first-order valence-electron chi connectivity index (χ1n) is 10.7. The summed E-state index contributed by atoms with van der Waals surface area (Å²) < 4.78 is 12.2. The standard InChI is InChI=1S/C22H21ClN6O5/c1-12-24-17(23)6-18(25-12)34-11-15-8-27-7-14(13-3-4-13)5-16(21(27)26-15)28-9-19(30)29(22(28)32)10-20(31)33-2/h5-8,13H,3-4,9-11H2,1-2H3. The number of urea groups is 1. The number of carbonyl (C=O) groups is 3. The smallest absolute Gasteiger partial charge is 0.332 e. The number of fused-ring (bicyclic) bond motifs is 1. The van der Waals surface area contributed by atoms with Crippen molar-refractivity contribution in [1.29, 1.82) is 0 Å². The lowest BCUT2D eigenvalue weighted by atomic mass is 10.1. The molecule has 11 nitrogen and oxygen atoms in total. The van der Waals surface area contributed by atoms with Gasteiger partial charge in [-0.25, -0.2) is 14.8 Å². The van der Waals surface area contributed by atoms with Crippen molar-refractivity contribution < 1.29 is 23.9 Å². The molecule has 2 fully saturated rings. The molecule has 1 saturated heterocycles. The number of nitrogens with zero attached hydrogens (tertiary/aromatic N) is 6. The minimum atomic E-state index is -0.666. The summed E-state index contributed by atoms with van der Waals surface area (Å²) in [5.41, 5.74) is 2.66. The number of halogens is 1. The summed E-state index contributed by atoms with van der Waals surface area (Å²) in [5, 5.41) is 0.280. The van der Waals surface area contributed by atoms with E-state index in [1.807, 2.05) is 22.9 Å². The molecular formula is C22H21ClN6O5. The Morgan fingerprint density at radius 1 is 1.18 bits per heavy atom. The van der Waals surface area contributed by atoms with Crippen molar-refractivity contribution >= 4 is 40.8 Å². The number of imidazole rings is 1. The summed E-state index contributed by atoms with van der Waals surface area (Å²) in [5.74, 6) is 0.0722. The number of anilines is 1. The van der Waals surface area contributed by atoms with Crippen molar-refractivity contribution in [3.63, 3.8) is 0 Å². The van der Waals surface area contributed by atoms with Crippen LogP contribution in [0, 0.1) is 6.92 Å². The molecule has 4 heterocycles. The van der Waals surface area contributed by atoms with Gasteiger partial charge in [0.05, 0.1) is 18.5 Å². The van der Waals surface area contributed by atoms with E-state index in [0.29, 0.717) is 34.7 Å². The number of methoxy groups -OCH3 is 1. The molecule has 2 aliphatic rings. The average Bonchev–Trinajstić information content (AvgIpc) is 3.51. The SMILES string of the molecule is COC(=O)CN1C(=O)CN(c2cc(C3CC3)cn3cc(COc4cc(Cl)nc(C)n4)nc23)C1=O. The van der Waals surface area contributed by atoms with E-state index in [2.05, 4.69) is 19.7 Å². The molecule has 12 heteroatoms. The monoisotopic (exact) mass is 484 g/mol. The van der Waals surface area contributed by atoms with Crippen LogP contribution < -0.4 is 9.64 Å². The molecule has 0 bridgehead atoms. The van der Waals surface area contributed by atoms with Gasteiger partial charge in [0.25, 0.3) is 5.91 Å². The van der Waals surface area contributed by atoms with Gasteiger partial charge in [0.1, 0.15) is 30.7 Å². The van der Waals surface area contributed by atoms with Crippen LogP contribution in [0.15, 0.2) is 24.5 Å². The summed E-state index contributed by atoms with van der Waals surface area (Å²) >= 11 is 5.97. The number of carbonyl (C=O) groups excluding carboxylic acids is 3. The third-order valence-corrected chi connectivity index (χ3v) is 5.86. The Labute approximate surface area is 199 Å². The van der Waals surface area contributed by atoms with Crippen LogP contribution >= 0.6 is 11.6 Å². The van der Waals surface area contributed by atoms with E-state index < -0.39 is 24.5 Å². The minimum Gasteiger partial charge on any atom is -0.471 e. The first-order valence-corrected chi connectivity index (χ1v) is 11.0. The number of imide groups is 1. The highest BCUT2D eigenvalue weighted by Gasteiger charge is 2.40. The zero-order valence-corrected chi connectivity index (χ0v) is 19.3. The highest BCUT2D eigenvalue weighted by molar-refractivity contribution is 6.29. The molecule has 0 spiro atoms.